The van der Waals surface area contributed by atoms with Crippen molar-refractivity contribution >= 4 is 44.1 Å². The molecule has 0 unspecified atom stereocenters. The fraction of sp³-hybridized carbons (Fsp3) is 0.214. The standard InChI is InChI=1S/C28H29ClN4O3S/c1-20-8-9-21(2)27(16-20)37(35,36)33(18-22-6-4-3-5-7-22)19-28(34)32-15-14-31-25-12-13-30-26-17-23(29)10-11-24(25)26/h3-13,16-17H,14-15,18-19H2,1-2H3,(H,30,31)(H,32,34). The van der Waals surface area contributed by atoms with Crippen molar-refractivity contribution in [2.75, 3.05) is 25.0 Å². The number of anilines is 1. The predicted octanol–water partition coefficient (Wildman–Crippen LogP) is 4.92. The Morgan fingerprint density at radius 1 is 0.973 bits per heavy atom. The van der Waals surface area contributed by atoms with Gasteiger partial charge in [-0.1, -0.05) is 54.1 Å². The Morgan fingerprint density at radius 3 is 2.54 bits per heavy atom. The number of hydrogen-bond acceptors (Lipinski definition) is 5. The van der Waals surface area contributed by atoms with E-state index in [-0.39, 0.29) is 23.9 Å². The lowest BCUT2D eigenvalue weighted by molar-refractivity contribution is -0.121. The maximum Gasteiger partial charge on any atom is 0.244 e. The number of nitrogens with one attached hydrogen (secondary N) is 2. The average molecular weight is 537 g/mol. The molecule has 0 aliphatic carbocycles. The summed E-state index contributed by atoms with van der Waals surface area (Å²) in [4.78, 5) is 17.4. The number of benzene rings is 3. The Labute approximate surface area is 222 Å². The van der Waals surface area contributed by atoms with Crippen LogP contribution in [0.15, 0.2) is 83.9 Å². The van der Waals surface area contributed by atoms with Crippen molar-refractivity contribution in [2.45, 2.75) is 25.3 Å². The third-order valence-electron chi connectivity index (χ3n) is 5.95. The van der Waals surface area contributed by atoms with Gasteiger partial charge < -0.3 is 10.6 Å². The zero-order chi connectivity index (χ0) is 26.4. The van der Waals surface area contributed by atoms with E-state index < -0.39 is 10.0 Å². The van der Waals surface area contributed by atoms with Crippen LogP contribution in [0.2, 0.25) is 5.02 Å². The SMILES string of the molecule is Cc1ccc(C)c(S(=O)(=O)N(CC(=O)NCCNc2ccnc3cc(Cl)ccc23)Cc2ccccc2)c1. The van der Waals surface area contributed by atoms with E-state index in [0.29, 0.717) is 23.7 Å². The number of hydrogen-bond donors (Lipinski definition) is 2. The van der Waals surface area contributed by atoms with Crippen molar-refractivity contribution < 1.29 is 13.2 Å². The van der Waals surface area contributed by atoms with Crippen LogP contribution < -0.4 is 10.6 Å². The Morgan fingerprint density at radius 2 is 1.76 bits per heavy atom. The van der Waals surface area contributed by atoms with Gasteiger partial charge in [0.05, 0.1) is 17.0 Å². The number of sulfonamides is 1. The van der Waals surface area contributed by atoms with Crippen LogP contribution in [0.4, 0.5) is 5.69 Å². The lowest BCUT2D eigenvalue weighted by atomic mass is 10.2. The molecule has 1 heterocycles. The Kier molecular flexibility index (Phi) is 8.43. The Hall–Kier alpha value is -3.46. The van der Waals surface area contributed by atoms with Gasteiger partial charge in [0, 0.05) is 41.9 Å². The molecule has 0 radical (unpaired) electrons. The lowest BCUT2D eigenvalue weighted by Gasteiger charge is -2.23. The summed E-state index contributed by atoms with van der Waals surface area (Å²) in [6.45, 7) is 4.18. The van der Waals surface area contributed by atoms with E-state index >= 15 is 0 Å². The van der Waals surface area contributed by atoms with Gasteiger partial charge in [-0.15, -0.1) is 0 Å². The van der Waals surface area contributed by atoms with Crippen molar-refractivity contribution in [1.82, 2.24) is 14.6 Å². The van der Waals surface area contributed by atoms with Crippen LogP contribution in [-0.2, 0) is 21.4 Å². The third-order valence-corrected chi connectivity index (χ3v) is 8.12. The molecule has 7 nitrogen and oxygen atoms in total. The molecule has 1 aromatic heterocycles. The number of carbonyl (C=O) groups is 1. The van der Waals surface area contributed by atoms with Crippen LogP contribution in [0.1, 0.15) is 16.7 Å². The highest BCUT2D eigenvalue weighted by Crippen LogP contribution is 2.25. The van der Waals surface area contributed by atoms with E-state index in [2.05, 4.69) is 15.6 Å². The van der Waals surface area contributed by atoms with E-state index in [9.17, 15) is 13.2 Å². The number of carbonyl (C=O) groups excluding carboxylic acids is 1. The molecule has 0 atom stereocenters. The van der Waals surface area contributed by atoms with Gasteiger partial charge >= 0.3 is 0 Å². The summed E-state index contributed by atoms with van der Waals surface area (Å²) in [6, 6.07) is 21.9. The first-order valence-corrected chi connectivity index (χ1v) is 13.7. The molecule has 4 aromatic rings. The van der Waals surface area contributed by atoms with Crippen molar-refractivity contribution in [1.29, 1.82) is 0 Å². The highest BCUT2D eigenvalue weighted by molar-refractivity contribution is 7.89. The highest BCUT2D eigenvalue weighted by atomic mass is 35.5. The molecule has 0 bridgehead atoms. The summed E-state index contributed by atoms with van der Waals surface area (Å²) >= 11 is 6.06. The second-order valence-electron chi connectivity index (χ2n) is 8.82. The summed E-state index contributed by atoms with van der Waals surface area (Å²) < 4.78 is 28.5. The van der Waals surface area contributed by atoms with Crippen LogP contribution >= 0.6 is 11.6 Å². The maximum atomic E-state index is 13.6. The number of halogens is 1. The topological polar surface area (TPSA) is 91.4 Å². The summed E-state index contributed by atoms with van der Waals surface area (Å²) in [5.74, 6) is -0.377. The van der Waals surface area contributed by atoms with Gasteiger partial charge in [0.2, 0.25) is 15.9 Å². The summed E-state index contributed by atoms with van der Waals surface area (Å²) in [6.07, 6.45) is 1.69. The molecule has 3 aromatic carbocycles. The quantitative estimate of drug-likeness (QED) is 0.281. The normalized spacial score (nSPS) is 11.6. The molecule has 37 heavy (non-hydrogen) atoms. The summed E-state index contributed by atoms with van der Waals surface area (Å²) in [5.41, 5.74) is 3.92. The fourth-order valence-corrected chi connectivity index (χ4v) is 5.89. The molecule has 4 rings (SSSR count). The van der Waals surface area contributed by atoms with Gasteiger partial charge in [0.15, 0.2) is 0 Å². The molecule has 1 amide bonds. The minimum atomic E-state index is -3.91. The van der Waals surface area contributed by atoms with Crippen LogP contribution in [0.3, 0.4) is 0 Å². The first-order chi connectivity index (χ1) is 17.7. The average Bonchev–Trinajstić information content (AvgIpc) is 2.88. The Balaban J connectivity index is 1.43. The number of aryl methyl sites for hydroxylation is 2. The molecule has 0 fully saturated rings. The van der Waals surface area contributed by atoms with Gasteiger partial charge in [-0.05, 0) is 60.9 Å². The number of amides is 1. The van der Waals surface area contributed by atoms with Crippen LogP contribution in [0.5, 0.6) is 0 Å². The lowest BCUT2D eigenvalue weighted by Crippen LogP contribution is -2.41. The zero-order valence-corrected chi connectivity index (χ0v) is 22.3. The van der Waals surface area contributed by atoms with Crippen molar-refractivity contribution in [3.63, 3.8) is 0 Å². The van der Waals surface area contributed by atoms with E-state index in [1.54, 1.807) is 37.4 Å². The smallest absolute Gasteiger partial charge is 0.244 e. The molecule has 0 saturated carbocycles. The van der Waals surface area contributed by atoms with E-state index in [0.717, 1.165) is 27.7 Å². The van der Waals surface area contributed by atoms with Gasteiger partial charge in [-0.2, -0.15) is 4.31 Å². The molecular weight excluding hydrogens is 508 g/mol. The first kappa shape index (κ1) is 26.6. The largest absolute Gasteiger partial charge is 0.383 e. The number of nitrogens with zero attached hydrogens (tertiary/aromatic N) is 2. The van der Waals surface area contributed by atoms with Gasteiger partial charge in [0.1, 0.15) is 0 Å². The minimum absolute atomic E-state index is 0.0911. The second kappa shape index (κ2) is 11.7. The van der Waals surface area contributed by atoms with E-state index in [4.69, 9.17) is 11.6 Å². The van der Waals surface area contributed by atoms with E-state index in [1.165, 1.54) is 4.31 Å². The van der Waals surface area contributed by atoms with Gasteiger partial charge in [-0.25, -0.2) is 8.42 Å². The molecule has 0 spiro atoms. The number of aromatic nitrogens is 1. The Bertz CT molecular complexity index is 1510. The summed E-state index contributed by atoms with van der Waals surface area (Å²) in [7, 11) is -3.91. The second-order valence-corrected chi connectivity index (χ2v) is 11.2. The maximum absolute atomic E-state index is 13.6. The van der Waals surface area contributed by atoms with Crippen molar-refractivity contribution in [3.8, 4) is 0 Å². The first-order valence-electron chi connectivity index (χ1n) is 11.9. The number of rotatable bonds is 10. The monoisotopic (exact) mass is 536 g/mol. The highest BCUT2D eigenvalue weighted by Gasteiger charge is 2.28. The molecule has 0 aliphatic heterocycles. The molecular formula is C28H29ClN4O3S. The predicted molar refractivity (Wildman–Crippen MR) is 148 cm³/mol. The fourth-order valence-electron chi connectivity index (χ4n) is 4.03. The van der Waals surface area contributed by atoms with Crippen molar-refractivity contribution in [2.24, 2.45) is 0 Å². The number of fused-ring (bicyclic) bond motifs is 1. The van der Waals surface area contributed by atoms with Gasteiger partial charge in [-0.3, -0.25) is 9.78 Å². The minimum Gasteiger partial charge on any atom is -0.383 e. The number of pyridine rings is 1. The molecule has 9 heteroatoms. The van der Waals surface area contributed by atoms with Crippen LogP contribution in [0, 0.1) is 13.8 Å². The van der Waals surface area contributed by atoms with Crippen molar-refractivity contribution in [3.05, 3.63) is 101 Å². The zero-order valence-electron chi connectivity index (χ0n) is 20.7. The molecule has 0 aliphatic rings. The van der Waals surface area contributed by atoms with Gasteiger partial charge in [0.25, 0.3) is 0 Å². The molecule has 2 N–H and O–H groups in total. The van der Waals surface area contributed by atoms with Crippen LogP contribution in [-0.4, -0.2) is 43.2 Å². The van der Waals surface area contributed by atoms with E-state index in [1.807, 2.05) is 55.5 Å². The van der Waals surface area contributed by atoms with Crippen LogP contribution in [0.25, 0.3) is 10.9 Å². The third kappa shape index (κ3) is 6.65. The molecule has 192 valence electrons. The molecule has 0 saturated heterocycles. The summed E-state index contributed by atoms with van der Waals surface area (Å²) in [5, 5.41) is 7.66.